The second-order valence-electron chi connectivity index (χ2n) is 6.43. The Bertz CT molecular complexity index is 719. The van der Waals surface area contributed by atoms with Gasteiger partial charge in [-0.3, -0.25) is 9.89 Å². The zero-order valence-electron chi connectivity index (χ0n) is 15.7. The fourth-order valence-corrected chi connectivity index (χ4v) is 3.93. The monoisotopic (exact) mass is 376 g/mol. The Morgan fingerprint density at radius 2 is 2.00 bits per heavy atom. The molecule has 0 aromatic carbocycles. The Morgan fingerprint density at radius 3 is 2.62 bits per heavy atom. The Morgan fingerprint density at radius 1 is 1.19 bits per heavy atom. The minimum atomic E-state index is 0.162. The summed E-state index contributed by atoms with van der Waals surface area (Å²) in [7, 11) is 1.80. The van der Waals surface area contributed by atoms with Gasteiger partial charge in [0, 0.05) is 36.4 Å². The number of aliphatic imine (C=N–C) groups is 1. The van der Waals surface area contributed by atoms with E-state index in [0.29, 0.717) is 0 Å². The van der Waals surface area contributed by atoms with Gasteiger partial charge in [0.15, 0.2) is 5.96 Å². The van der Waals surface area contributed by atoms with Crippen molar-refractivity contribution in [3.63, 3.8) is 0 Å². The van der Waals surface area contributed by atoms with Gasteiger partial charge in [-0.25, -0.2) is 0 Å². The van der Waals surface area contributed by atoms with Crippen LogP contribution in [0.3, 0.4) is 0 Å². The Kier molecular flexibility index (Phi) is 6.71. The normalized spacial score (nSPS) is 17.3. The topological polar surface area (TPSA) is 62.0 Å². The van der Waals surface area contributed by atoms with E-state index in [9.17, 15) is 0 Å². The lowest BCUT2D eigenvalue weighted by molar-refractivity contribution is 0.0124. The molecule has 1 fully saturated rings. The Labute approximate surface area is 159 Å². The number of ether oxygens (including phenoxy) is 1. The summed E-state index contributed by atoms with van der Waals surface area (Å²) in [5.41, 5.74) is 0. The first-order valence-corrected chi connectivity index (χ1v) is 9.85. The SMILES string of the molecule is CN=C(NCc1ccc(C)s1)NCC(c1ccc(C)o1)N1CCOCC1. The molecule has 1 aliphatic heterocycles. The number of morpholine rings is 1. The van der Waals surface area contributed by atoms with Crippen LogP contribution >= 0.6 is 11.3 Å². The van der Waals surface area contributed by atoms with Crippen LogP contribution in [0.4, 0.5) is 0 Å². The van der Waals surface area contributed by atoms with Crippen molar-refractivity contribution < 1.29 is 9.15 Å². The first-order valence-electron chi connectivity index (χ1n) is 9.03. The van der Waals surface area contributed by atoms with Crippen LogP contribution in [-0.2, 0) is 11.3 Å². The Hall–Kier alpha value is -1.83. The van der Waals surface area contributed by atoms with Crippen LogP contribution in [0.2, 0.25) is 0 Å². The highest BCUT2D eigenvalue weighted by Crippen LogP contribution is 2.23. The van der Waals surface area contributed by atoms with Crippen molar-refractivity contribution in [3.05, 3.63) is 45.5 Å². The lowest BCUT2D eigenvalue weighted by Crippen LogP contribution is -2.46. The minimum absolute atomic E-state index is 0.162. The summed E-state index contributed by atoms with van der Waals surface area (Å²) in [5, 5.41) is 6.84. The first kappa shape index (κ1) is 18.9. The van der Waals surface area contributed by atoms with Crippen molar-refractivity contribution in [2.75, 3.05) is 39.9 Å². The molecule has 0 saturated carbocycles. The molecular weight excluding hydrogens is 348 g/mol. The molecule has 0 radical (unpaired) electrons. The van der Waals surface area contributed by atoms with Crippen LogP contribution < -0.4 is 10.6 Å². The highest BCUT2D eigenvalue weighted by molar-refractivity contribution is 7.11. The molecule has 0 aliphatic carbocycles. The number of nitrogens with zero attached hydrogens (tertiary/aromatic N) is 2. The van der Waals surface area contributed by atoms with Gasteiger partial charge >= 0.3 is 0 Å². The first-order chi connectivity index (χ1) is 12.7. The van der Waals surface area contributed by atoms with Crippen molar-refractivity contribution in [3.8, 4) is 0 Å². The van der Waals surface area contributed by atoms with E-state index in [1.54, 1.807) is 18.4 Å². The number of hydrogen-bond acceptors (Lipinski definition) is 5. The average molecular weight is 377 g/mol. The maximum absolute atomic E-state index is 5.92. The zero-order chi connectivity index (χ0) is 18.4. The Balaban J connectivity index is 1.60. The lowest BCUT2D eigenvalue weighted by atomic mass is 10.1. The van der Waals surface area contributed by atoms with Crippen molar-refractivity contribution in [2.45, 2.75) is 26.4 Å². The third kappa shape index (κ3) is 5.09. The molecule has 0 spiro atoms. The van der Waals surface area contributed by atoms with E-state index in [0.717, 1.165) is 56.9 Å². The quantitative estimate of drug-likeness (QED) is 0.600. The van der Waals surface area contributed by atoms with Crippen LogP contribution in [0.1, 0.15) is 27.3 Å². The van der Waals surface area contributed by atoms with Gasteiger partial charge in [0.05, 0.1) is 25.8 Å². The average Bonchev–Trinajstić information content (AvgIpc) is 3.27. The molecular formula is C19H28N4O2S. The molecule has 2 aromatic heterocycles. The van der Waals surface area contributed by atoms with E-state index in [-0.39, 0.29) is 6.04 Å². The predicted molar refractivity (Wildman–Crippen MR) is 106 cm³/mol. The molecule has 3 rings (SSSR count). The van der Waals surface area contributed by atoms with Crippen molar-refractivity contribution in [1.29, 1.82) is 0 Å². The number of hydrogen-bond donors (Lipinski definition) is 2. The minimum Gasteiger partial charge on any atom is -0.465 e. The molecule has 2 N–H and O–H groups in total. The third-order valence-electron chi connectivity index (χ3n) is 4.49. The van der Waals surface area contributed by atoms with Gasteiger partial charge in [0.25, 0.3) is 0 Å². The van der Waals surface area contributed by atoms with E-state index in [1.807, 2.05) is 13.0 Å². The van der Waals surface area contributed by atoms with Crippen molar-refractivity contribution in [1.82, 2.24) is 15.5 Å². The molecule has 3 heterocycles. The fraction of sp³-hybridized carbons (Fsp3) is 0.526. The summed E-state index contributed by atoms with van der Waals surface area (Å²) >= 11 is 1.80. The molecule has 1 aliphatic rings. The predicted octanol–water partition coefficient (Wildman–Crippen LogP) is 2.70. The second kappa shape index (κ2) is 9.21. The maximum atomic E-state index is 5.92. The second-order valence-corrected chi connectivity index (χ2v) is 7.80. The molecule has 0 amide bonds. The van der Waals surface area contributed by atoms with E-state index in [4.69, 9.17) is 9.15 Å². The molecule has 2 aromatic rings. The molecule has 1 atom stereocenters. The van der Waals surface area contributed by atoms with Gasteiger partial charge in [0.1, 0.15) is 11.5 Å². The van der Waals surface area contributed by atoms with Crippen LogP contribution in [-0.4, -0.2) is 50.8 Å². The van der Waals surface area contributed by atoms with Gasteiger partial charge in [0.2, 0.25) is 0 Å². The number of nitrogens with one attached hydrogen (secondary N) is 2. The molecule has 7 heteroatoms. The number of guanidine groups is 1. The summed E-state index contributed by atoms with van der Waals surface area (Å²) < 4.78 is 11.4. The molecule has 26 heavy (non-hydrogen) atoms. The van der Waals surface area contributed by atoms with Gasteiger partial charge in [-0.2, -0.15) is 0 Å². The largest absolute Gasteiger partial charge is 0.465 e. The molecule has 142 valence electrons. The third-order valence-corrected chi connectivity index (χ3v) is 5.49. The number of aryl methyl sites for hydroxylation is 2. The lowest BCUT2D eigenvalue weighted by Gasteiger charge is -2.33. The fourth-order valence-electron chi connectivity index (χ4n) is 3.10. The molecule has 0 bridgehead atoms. The van der Waals surface area contributed by atoms with Crippen LogP contribution in [0.25, 0.3) is 0 Å². The molecule has 6 nitrogen and oxygen atoms in total. The van der Waals surface area contributed by atoms with E-state index < -0.39 is 0 Å². The van der Waals surface area contributed by atoms with E-state index >= 15 is 0 Å². The van der Waals surface area contributed by atoms with Crippen molar-refractivity contribution >= 4 is 17.3 Å². The number of furan rings is 1. The number of thiophene rings is 1. The highest BCUT2D eigenvalue weighted by atomic mass is 32.1. The number of rotatable bonds is 6. The highest BCUT2D eigenvalue weighted by Gasteiger charge is 2.25. The van der Waals surface area contributed by atoms with E-state index in [2.05, 4.69) is 45.6 Å². The molecule has 1 saturated heterocycles. The van der Waals surface area contributed by atoms with Crippen LogP contribution in [0.5, 0.6) is 0 Å². The summed E-state index contributed by atoms with van der Waals surface area (Å²) in [6, 6.07) is 8.56. The standard InChI is InChI=1S/C19H28N4O2S/c1-14-4-7-18(25-14)17(23-8-10-24-11-9-23)13-22-19(20-3)21-12-16-6-5-15(2)26-16/h4-7,17H,8-13H2,1-3H3,(H2,20,21,22). The summed E-state index contributed by atoms with van der Waals surface area (Å²) in [6.45, 7) is 8.97. The zero-order valence-corrected chi connectivity index (χ0v) is 16.6. The smallest absolute Gasteiger partial charge is 0.191 e. The van der Waals surface area contributed by atoms with Gasteiger partial charge in [-0.15, -0.1) is 11.3 Å². The summed E-state index contributed by atoms with van der Waals surface area (Å²) in [6.07, 6.45) is 0. The molecule has 1 unspecified atom stereocenters. The van der Waals surface area contributed by atoms with Crippen LogP contribution in [0.15, 0.2) is 33.7 Å². The van der Waals surface area contributed by atoms with Crippen molar-refractivity contribution in [2.24, 2.45) is 4.99 Å². The van der Waals surface area contributed by atoms with Gasteiger partial charge < -0.3 is 19.8 Å². The van der Waals surface area contributed by atoms with Crippen LogP contribution in [0, 0.1) is 13.8 Å². The van der Waals surface area contributed by atoms with E-state index in [1.165, 1.54) is 9.75 Å². The summed E-state index contributed by atoms with van der Waals surface area (Å²) in [4.78, 5) is 9.39. The maximum Gasteiger partial charge on any atom is 0.191 e. The summed E-state index contributed by atoms with van der Waals surface area (Å²) in [5.74, 6) is 2.73. The van der Waals surface area contributed by atoms with Gasteiger partial charge in [-0.05, 0) is 38.1 Å². The van der Waals surface area contributed by atoms with Gasteiger partial charge in [-0.1, -0.05) is 0 Å².